The number of nitrogens with one attached hydrogen (secondary N) is 1. The topological polar surface area (TPSA) is 72.9 Å². The highest BCUT2D eigenvalue weighted by molar-refractivity contribution is 5.93. The van der Waals surface area contributed by atoms with E-state index in [-0.39, 0.29) is 24.2 Å². The molecule has 1 aromatic rings. The van der Waals surface area contributed by atoms with Crippen molar-refractivity contribution >= 4 is 18.3 Å². The summed E-state index contributed by atoms with van der Waals surface area (Å²) in [5.41, 5.74) is 6.74. The summed E-state index contributed by atoms with van der Waals surface area (Å²) in [7, 11) is 1.76. The smallest absolute Gasteiger partial charge is 0.270 e. The van der Waals surface area contributed by atoms with E-state index in [9.17, 15) is 4.79 Å². The highest BCUT2D eigenvalue weighted by Gasteiger charge is 2.29. The number of halogens is 1. The first kappa shape index (κ1) is 16.9. The van der Waals surface area contributed by atoms with Gasteiger partial charge >= 0.3 is 0 Å². The molecule has 1 atom stereocenters. The second kappa shape index (κ2) is 6.20. The molecule has 0 spiro atoms. The van der Waals surface area contributed by atoms with Gasteiger partial charge in [0.25, 0.3) is 5.91 Å². The summed E-state index contributed by atoms with van der Waals surface area (Å²) in [4.78, 5) is 12.1. The van der Waals surface area contributed by atoms with Gasteiger partial charge in [0.15, 0.2) is 0 Å². The molecule has 1 unspecified atom stereocenters. The second-order valence-electron chi connectivity index (χ2n) is 5.02. The van der Waals surface area contributed by atoms with Crippen LogP contribution in [0.2, 0.25) is 0 Å². The Labute approximate surface area is 115 Å². The summed E-state index contributed by atoms with van der Waals surface area (Å²) in [6.45, 7) is 8.32. The molecular formula is C12H23ClN4O. The zero-order valence-electron chi connectivity index (χ0n) is 11.7. The van der Waals surface area contributed by atoms with E-state index < -0.39 is 5.54 Å². The minimum Gasteiger partial charge on any atom is -0.344 e. The van der Waals surface area contributed by atoms with Crippen LogP contribution in [0.5, 0.6) is 0 Å². The highest BCUT2D eigenvalue weighted by Crippen LogP contribution is 2.15. The summed E-state index contributed by atoms with van der Waals surface area (Å²) in [5.74, 6) is 0.139. The number of carbonyl (C=O) groups excluding carboxylic acids is 1. The molecule has 0 aliphatic rings. The molecule has 0 bridgehead atoms. The molecule has 0 aromatic carbocycles. The fourth-order valence-corrected chi connectivity index (χ4v) is 1.58. The summed E-state index contributed by atoms with van der Waals surface area (Å²) in [6.07, 6.45) is 0. The average Bonchev–Trinajstić information content (AvgIpc) is 2.57. The molecule has 3 N–H and O–H groups in total. The minimum atomic E-state index is -0.394. The van der Waals surface area contributed by atoms with Gasteiger partial charge in [0.05, 0.1) is 11.2 Å². The van der Waals surface area contributed by atoms with Crippen LogP contribution in [-0.4, -0.2) is 27.8 Å². The van der Waals surface area contributed by atoms with Crippen molar-refractivity contribution in [3.05, 3.63) is 17.5 Å². The van der Waals surface area contributed by atoms with Crippen LogP contribution in [0, 0.1) is 12.8 Å². The van der Waals surface area contributed by atoms with Gasteiger partial charge in [-0.25, -0.2) is 0 Å². The quantitative estimate of drug-likeness (QED) is 0.868. The Morgan fingerprint density at radius 2 is 2.17 bits per heavy atom. The Kier molecular flexibility index (Phi) is 5.83. The maximum Gasteiger partial charge on any atom is 0.270 e. The number of carbonyl (C=O) groups is 1. The van der Waals surface area contributed by atoms with E-state index in [2.05, 4.69) is 10.4 Å². The summed E-state index contributed by atoms with van der Waals surface area (Å²) in [5, 5.41) is 7.15. The van der Waals surface area contributed by atoms with E-state index in [0.717, 1.165) is 5.69 Å². The number of nitrogens with zero attached hydrogens (tertiary/aromatic N) is 2. The van der Waals surface area contributed by atoms with E-state index in [1.807, 2.05) is 27.7 Å². The maximum atomic E-state index is 12.1. The van der Waals surface area contributed by atoms with Crippen molar-refractivity contribution in [2.45, 2.75) is 33.2 Å². The van der Waals surface area contributed by atoms with E-state index in [4.69, 9.17) is 5.73 Å². The number of nitrogens with two attached hydrogens (primary N) is 1. The molecule has 1 aromatic heterocycles. The van der Waals surface area contributed by atoms with Crippen molar-refractivity contribution in [2.75, 3.05) is 6.54 Å². The first-order valence-corrected chi connectivity index (χ1v) is 5.83. The van der Waals surface area contributed by atoms with Gasteiger partial charge in [-0.15, -0.1) is 12.4 Å². The standard InChI is InChI=1S/C12H22N4O.ClH/c1-8(2)12(4,7-13)14-11(17)10-6-9(3)15-16(10)5;/h6,8H,7,13H2,1-5H3,(H,14,17);1H. The molecule has 0 saturated heterocycles. The van der Waals surface area contributed by atoms with E-state index >= 15 is 0 Å². The lowest BCUT2D eigenvalue weighted by Gasteiger charge is -2.33. The van der Waals surface area contributed by atoms with Crippen molar-refractivity contribution in [1.29, 1.82) is 0 Å². The normalized spacial score (nSPS) is 13.9. The van der Waals surface area contributed by atoms with Crippen LogP contribution in [0.4, 0.5) is 0 Å². The molecule has 1 rings (SSSR count). The molecule has 18 heavy (non-hydrogen) atoms. The van der Waals surface area contributed by atoms with Gasteiger partial charge in [0.2, 0.25) is 0 Å². The molecule has 0 aliphatic carbocycles. The number of hydrogen-bond acceptors (Lipinski definition) is 3. The van der Waals surface area contributed by atoms with E-state index in [1.54, 1.807) is 17.8 Å². The van der Waals surface area contributed by atoms with Crippen molar-refractivity contribution in [1.82, 2.24) is 15.1 Å². The zero-order chi connectivity index (χ0) is 13.2. The molecule has 0 radical (unpaired) electrons. The number of aryl methyl sites for hydroxylation is 2. The summed E-state index contributed by atoms with van der Waals surface area (Å²) >= 11 is 0. The van der Waals surface area contributed by atoms with Crippen molar-refractivity contribution in [3.8, 4) is 0 Å². The van der Waals surface area contributed by atoms with Crippen LogP contribution in [0.15, 0.2) is 6.07 Å². The van der Waals surface area contributed by atoms with E-state index in [1.165, 1.54) is 0 Å². The van der Waals surface area contributed by atoms with Gasteiger partial charge < -0.3 is 11.1 Å². The molecule has 1 heterocycles. The van der Waals surface area contributed by atoms with Gasteiger partial charge in [0.1, 0.15) is 5.69 Å². The maximum absolute atomic E-state index is 12.1. The Bertz CT molecular complexity index is 416. The molecule has 0 aliphatic heterocycles. The van der Waals surface area contributed by atoms with E-state index in [0.29, 0.717) is 12.2 Å². The molecule has 0 saturated carbocycles. The third-order valence-corrected chi connectivity index (χ3v) is 3.33. The van der Waals surface area contributed by atoms with Gasteiger partial charge in [-0.3, -0.25) is 9.48 Å². The third kappa shape index (κ3) is 3.46. The Morgan fingerprint density at radius 3 is 2.50 bits per heavy atom. The first-order chi connectivity index (χ1) is 7.80. The second-order valence-corrected chi connectivity index (χ2v) is 5.02. The van der Waals surface area contributed by atoms with Crippen LogP contribution in [0.25, 0.3) is 0 Å². The van der Waals surface area contributed by atoms with Crippen LogP contribution < -0.4 is 11.1 Å². The van der Waals surface area contributed by atoms with Crippen LogP contribution in [0.3, 0.4) is 0 Å². The minimum absolute atomic E-state index is 0. The van der Waals surface area contributed by atoms with Crippen molar-refractivity contribution < 1.29 is 4.79 Å². The molecule has 1 amide bonds. The SMILES string of the molecule is Cc1cc(C(=O)NC(C)(CN)C(C)C)n(C)n1.Cl. The van der Waals surface area contributed by atoms with Gasteiger partial charge in [-0.1, -0.05) is 13.8 Å². The third-order valence-electron chi connectivity index (χ3n) is 3.33. The van der Waals surface area contributed by atoms with Gasteiger partial charge in [0, 0.05) is 13.6 Å². The summed E-state index contributed by atoms with van der Waals surface area (Å²) in [6, 6.07) is 1.77. The lowest BCUT2D eigenvalue weighted by molar-refractivity contribution is 0.0873. The average molecular weight is 275 g/mol. The lowest BCUT2D eigenvalue weighted by atomic mass is 9.88. The Morgan fingerprint density at radius 1 is 1.61 bits per heavy atom. The van der Waals surface area contributed by atoms with Crippen LogP contribution in [-0.2, 0) is 7.05 Å². The van der Waals surface area contributed by atoms with Crippen molar-refractivity contribution in [3.63, 3.8) is 0 Å². The fraction of sp³-hybridized carbons (Fsp3) is 0.667. The molecule has 0 fully saturated rings. The fourth-order valence-electron chi connectivity index (χ4n) is 1.58. The molecule has 5 nitrogen and oxygen atoms in total. The molecule has 104 valence electrons. The predicted molar refractivity (Wildman–Crippen MR) is 75.0 cm³/mol. The van der Waals surface area contributed by atoms with Crippen molar-refractivity contribution in [2.24, 2.45) is 18.7 Å². The van der Waals surface area contributed by atoms with Gasteiger partial charge in [-0.05, 0) is 25.8 Å². The number of hydrogen-bond donors (Lipinski definition) is 2. The highest BCUT2D eigenvalue weighted by atomic mass is 35.5. The largest absolute Gasteiger partial charge is 0.344 e. The first-order valence-electron chi connectivity index (χ1n) is 5.83. The summed E-state index contributed by atoms with van der Waals surface area (Å²) < 4.78 is 1.59. The number of amides is 1. The number of aromatic nitrogens is 2. The molecule has 6 heteroatoms. The van der Waals surface area contributed by atoms with Crippen LogP contribution in [0.1, 0.15) is 37.0 Å². The van der Waals surface area contributed by atoms with Gasteiger partial charge in [-0.2, -0.15) is 5.10 Å². The Hall–Kier alpha value is -1.07. The number of rotatable bonds is 4. The monoisotopic (exact) mass is 274 g/mol. The molecular weight excluding hydrogens is 252 g/mol. The lowest BCUT2D eigenvalue weighted by Crippen LogP contribution is -2.55. The Balaban J connectivity index is 0.00000289. The van der Waals surface area contributed by atoms with Crippen LogP contribution >= 0.6 is 12.4 Å². The predicted octanol–water partition coefficient (Wildman–Crippen LogP) is 1.25. The zero-order valence-corrected chi connectivity index (χ0v) is 12.5.